The highest BCUT2D eigenvalue weighted by Gasteiger charge is 2.28. The van der Waals surface area contributed by atoms with Gasteiger partial charge in [-0.3, -0.25) is 29.8 Å². The molecule has 0 atom stereocenters. The molecule has 2 N–H and O–H groups in total. The van der Waals surface area contributed by atoms with E-state index >= 15 is 0 Å². The van der Waals surface area contributed by atoms with Gasteiger partial charge in [-0.25, -0.2) is 0 Å². The first-order valence-electron chi connectivity index (χ1n) is 7.22. The maximum absolute atomic E-state index is 11.9. The maximum atomic E-state index is 11.9. The molecule has 0 saturated heterocycles. The first kappa shape index (κ1) is 21.4. The van der Waals surface area contributed by atoms with Crippen LogP contribution >= 0.6 is 0 Å². The van der Waals surface area contributed by atoms with Crippen molar-refractivity contribution in [2.24, 2.45) is 0 Å². The molecule has 2 amide bonds. The first-order valence-corrected chi connectivity index (χ1v) is 7.22. The zero-order valence-corrected chi connectivity index (χ0v) is 14.9. The first-order chi connectivity index (χ1) is 12.3. The lowest BCUT2D eigenvalue weighted by Gasteiger charge is -2.04. The maximum Gasteiger partial charge on any atom is 0.347 e. The van der Waals surface area contributed by atoms with Crippen molar-refractivity contribution in [3.8, 4) is 5.69 Å². The lowest BCUT2D eigenvalue weighted by molar-refractivity contribution is -0.601. The third-order valence-corrected chi connectivity index (χ3v) is 3.49. The number of hydrogen-bond acceptors (Lipinski definition) is 6. The second-order valence-corrected chi connectivity index (χ2v) is 5.07. The number of amides is 2. The lowest BCUT2D eigenvalue weighted by Crippen LogP contribution is -3.00. The van der Waals surface area contributed by atoms with Crippen molar-refractivity contribution >= 4 is 23.2 Å². The number of halogens is 1. The molecule has 1 aromatic carbocycles. The number of non-ortho nitro benzene ring substituents is 1. The molecule has 27 heavy (non-hydrogen) atoms. The number of benzene rings is 1. The van der Waals surface area contributed by atoms with Crippen LogP contribution in [-0.2, 0) is 0 Å². The standard InChI is InChI=1S/C15H13N5O6.ClH/c1-16-14(21)9-5-10(15(22)17-2)8-18(7-9)12-4-3-11(19(23)24)6-13(12)20(25)26;/h3-8H,1-2H3,(H-,16,17,21,22);1H. The van der Waals surface area contributed by atoms with Gasteiger partial charge in [-0.05, 0) is 6.07 Å². The van der Waals surface area contributed by atoms with Gasteiger partial charge in [0.05, 0.1) is 9.85 Å². The number of nitrogens with zero attached hydrogens (tertiary/aromatic N) is 3. The summed E-state index contributed by atoms with van der Waals surface area (Å²) in [6.07, 6.45) is 2.58. The van der Waals surface area contributed by atoms with Gasteiger partial charge >= 0.3 is 5.69 Å². The Morgan fingerprint density at radius 1 is 0.926 bits per heavy atom. The van der Waals surface area contributed by atoms with Crippen LogP contribution in [0.3, 0.4) is 0 Å². The summed E-state index contributed by atoms with van der Waals surface area (Å²) in [6, 6.07) is 4.42. The molecule has 0 aliphatic heterocycles. The summed E-state index contributed by atoms with van der Waals surface area (Å²) >= 11 is 0. The highest BCUT2D eigenvalue weighted by Crippen LogP contribution is 2.24. The molecule has 1 heterocycles. The zero-order valence-electron chi connectivity index (χ0n) is 14.1. The molecule has 0 aliphatic rings. The summed E-state index contributed by atoms with van der Waals surface area (Å²) in [4.78, 5) is 44.5. The second-order valence-electron chi connectivity index (χ2n) is 5.07. The van der Waals surface area contributed by atoms with Crippen molar-refractivity contribution in [3.05, 3.63) is 68.0 Å². The van der Waals surface area contributed by atoms with E-state index in [4.69, 9.17) is 0 Å². The number of hydrogen-bond donors (Lipinski definition) is 2. The van der Waals surface area contributed by atoms with Crippen LogP contribution in [0.5, 0.6) is 0 Å². The van der Waals surface area contributed by atoms with Crippen molar-refractivity contribution in [2.75, 3.05) is 14.1 Å². The van der Waals surface area contributed by atoms with Gasteiger partial charge in [0, 0.05) is 26.2 Å². The number of carbonyl (C=O) groups excluding carboxylic acids is 2. The van der Waals surface area contributed by atoms with Gasteiger partial charge in [-0.1, -0.05) is 0 Å². The smallest absolute Gasteiger partial charge is 0.347 e. The summed E-state index contributed by atoms with van der Waals surface area (Å²) in [5, 5.41) is 27.0. The molecule has 0 saturated carbocycles. The minimum Gasteiger partial charge on any atom is -1.00 e. The molecule has 0 bridgehead atoms. The van der Waals surface area contributed by atoms with Crippen LogP contribution in [-0.4, -0.2) is 35.8 Å². The molecule has 0 aliphatic carbocycles. The summed E-state index contributed by atoms with van der Waals surface area (Å²) in [5.74, 6) is -1.01. The van der Waals surface area contributed by atoms with Crippen LogP contribution < -0.4 is 27.6 Å². The molecule has 0 fully saturated rings. The molecule has 11 nitrogen and oxygen atoms in total. The summed E-state index contributed by atoms with van der Waals surface area (Å²) in [7, 11) is 2.79. The van der Waals surface area contributed by atoms with E-state index < -0.39 is 33.0 Å². The number of aromatic nitrogens is 1. The zero-order chi connectivity index (χ0) is 19.4. The second kappa shape index (κ2) is 8.67. The molecule has 0 unspecified atom stereocenters. The molecule has 0 radical (unpaired) electrons. The quantitative estimate of drug-likeness (QED) is 0.325. The third kappa shape index (κ3) is 4.52. The van der Waals surface area contributed by atoms with Crippen molar-refractivity contribution in [1.82, 2.24) is 10.6 Å². The van der Waals surface area contributed by atoms with Gasteiger partial charge in [0.25, 0.3) is 23.2 Å². The monoisotopic (exact) mass is 395 g/mol. The van der Waals surface area contributed by atoms with E-state index in [0.29, 0.717) is 0 Å². The van der Waals surface area contributed by atoms with E-state index in [0.717, 1.165) is 12.1 Å². The average Bonchev–Trinajstić information content (AvgIpc) is 2.65. The minimum atomic E-state index is -0.776. The summed E-state index contributed by atoms with van der Waals surface area (Å²) in [5.41, 5.74) is -0.852. The van der Waals surface area contributed by atoms with Gasteiger partial charge in [0.15, 0.2) is 12.4 Å². The number of rotatable bonds is 5. The summed E-state index contributed by atoms with van der Waals surface area (Å²) < 4.78 is 1.21. The van der Waals surface area contributed by atoms with Crippen LogP contribution in [0.25, 0.3) is 5.69 Å². The van der Waals surface area contributed by atoms with Crippen molar-refractivity contribution in [2.45, 2.75) is 0 Å². The molecular formula is C15H14ClN5O6. The van der Waals surface area contributed by atoms with E-state index in [1.807, 2.05) is 0 Å². The molecule has 12 heteroatoms. The predicted molar refractivity (Wildman–Crippen MR) is 88.1 cm³/mol. The Bertz CT molecular complexity index is 899. The Kier molecular flexibility index (Phi) is 6.88. The van der Waals surface area contributed by atoms with Gasteiger partial charge in [0.2, 0.25) is 0 Å². The number of nitrogens with one attached hydrogen (secondary N) is 2. The van der Waals surface area contributed by atoms with Gasteiger partial charge in [-0.2, -0.15) is 4.57 Å². The van der Waals surface area contributed by atoms with E-state index in [9.17, 15) is 29.8 Å². The Labute approximate surface area is 158 Å². The SMILES string of the molecule is CNC(=O)c1cc(C(=O)NC)c[n+](-c2ccc([N+](=O)[O-])cc2[N+](=O)[O-])c1.[Cl-]. The Balaban J connectivity index is 0.00000364. The summed E-state index contributed by atoms with van der Waals surface area (Å²) in [6.45, 7) is 0. The fourth-order valence-corrected chi connectivity index (χ4v) is 2.25. The largest absolute Gasteiger partial charge is 1.00 e. The fraction of sp³-hybridized carbons (Fsp3) is 0.133. The third-order valence-electron chi connectivity index (χ3n) is 3.49. The number of nitro groups is 2. The molecule has 0 spiro atoms. The lowest BCUT2D eigenvalue weighted by atomic mass is 10.1. The van der Waals surface area contributed by atoms with Crippen LogP contribution in [0.1, 0.15) is 20.7 Å². The van der Waals surface area contributed by atoms with E-state index in [1.54, 1.807) is 0 Å². The normalized spacial score (nSPS) is 9.70. The van der Waals surface area contributed by atoms with Crippen LogP contribution in [0, 0.1) is 20.2 Å². The molecule has 2 aromatic rings. The van der Waals surface area contributed by atoms with Gasteiger partial charge in [-0.15, -0.1) is 0 Å². The van der Waals surface area contributed by atoms with Crippen molar-refractivity contribution < 1.29 is 36.4 Å². The van der Waals surface area contributed by atoms with E-state index in [1.165, 1.54) is 43.2 Å². The molecule has 2 rings (SSSR count). The van der Waals surface area contributed by atoms with E-state index in [-0.39, 0.29) is 29.2 Å². The predicted octanol–water partition coefficient (Wildman–Crippen LogP) is -2.50. The van der Waals surface area contributed by atoms with Crippen molar-refractivity contribution in [1.29, 1.82) is 0 Å². The number of pyridine rings is 1. The Morgan fingerprint density at radius 2 is 1.44 bits per heavy atom. The number of nitro benzene ring substituents is 2. The topological polar surface area (TPSA) is 148 Å². The molecule has 142 valence electrons. The molecule has 1 aromatic heterocycles. The molecular weight excluding hydrogens is 382 g/mol. The van der Waals surface area contributed by atoms with E-state index in [2.05, 4.69) is 10.6 Å². The number of carbonyl (C=O) groups is 2. The van der Waals surface area contributed by atoms with Gasteiger partial charge < -0.3 is 23.0 Å². The van der Waals surface area contributed by atoms with Gasteiger partial charge in [0.1, 0.15) is 17.2 Å². The Hall–Kier alpha value is -3.60. The highest BCUT2D eigenvalue weighted by atomic mass is 35.5. The minimum absolute atomic E-state index is 0. The van der Waals surface area contributed by atoms with Crippen LogP contribution in [0.2, 0.25) is 0 Å². The fourth-order valence-electron chi connectivity index (χ4n) is 2.25. The van der Waals surface area contributed by atoms with Crippen LogP contribution in [0.15, 0.2) is 36.7 Å². The van der Waals surface area contributed by atoms with Crippen molar-refractivity contribution in [3.63, 3.8) is 0 Å². The average molecular weight is 396 g/mol. The van der Waals surface area contributed by atoms with Crippen LogP contribution in [0.4, 0.5) is 11.4 Å². The Morgan fingerprint density at radius 3 is 1.85 bits per heavy atom. The highest BCUT2D eigenvalue weighted by molar-refractivity contribution is 5.98.